The van der Waals surface area contributed by atoms with Crippen molar-refractivity contribution in [1.82, 2.24) is 20.1 Å². The molecule has 2 bridgehead atoms. The maximum Gasteiger partial charge on any atom is 0.410 e. The number of carbonyl (C=O) groups is 2. The van der Waals surface area contributed by atoms with Gasteiger partial charge in [-0.3, -0.25) is 9.78 Å². The summed E-state index contributed by atoms with van der Waals surface area (Å²) in [6.07, 6.45) is 7.48. The van der Waals surface area contributed by atoms with Gasteiger partial charge in [-0.05, 0) is 95.0 Å². The molecule has 5 rings (SSSR count). The zero-order valence-electron chi connectivity index (χ0n) is 24.5. The van der Waals surface area contributed by atoms with Gasteiger partial charge in [-0.25, -0.2) is 4.79 Å². The van der Waals surface area contributed by atoms with Crippen LogP contribution in [0.2, 0.25) is 0 Å². The van der Waals surface area contributed by atoms with E-state index in [1.807, 2.05) is 74.0 Å². The predicted octanol–water partition coefficient (Wildman–Crippen LogP) is 5.38. The summed E-state index contributed by atoms with van der Waals surface area (Å²) in [7, 11) is 1.87. The second-order valence-electron chi connectivity index (χ2n) is 13.1. The molecule has 0 unspecified atom stereocenters. The van der Waals surface area contributed by atoms with Crippen molar-refractivity contribution in [2.75, 3.05) is 46.4 Å². The van der Waals surface area contributed by atoms with Gasteiger partial charge in [0.15, 0.2) is 0 Å². The van der Waals surface area contributed by atoms with Crippen molar-refractivity contribution in [2.24, 2.45) is 10.8 Å². The lowest BCUT2D eigenvalue weighted by molar-refractivity contribution is 0.00374. The Kier molecular flexibility index (Phi) is 8.09. The molecule has 1 aliphatic carbocycles. The molecule has 2 aliphatic heterocycles. The molecule has 2 aromatic rings. The van der Waals surface area contributed by atoms with Crippen LogP contribution in [0, 0.1) is 10.8 Å². The van der Waals surface area contributed by atoms with E-state index < -0.39 is 5.60 Å². The summed E-state index contributed by atoms with van der Waals surface area (Å²) in [6.45, 7) is 10.1. The van der Waals surface area contributed by atoms with Gasteiger partial charge in [-0.15, -0.1) is 0 Å². The number of hydrogen-bond acceptors (Lipinski definition) is 6. The van der Waals surface area contributed by atoms with Gasteiger partial charge in [0.25, 0.3) is 5.91 Å². The molecule has 3 aliphatic rings. The Morgan fingerprint density at radius 2 is 1.80 bits per heavy atom. The summed E-state index contributed by atoms with van der Waals surface area (Å²) < 4.78 is 12.0. The van der Waals surface area contributed by atoms with Crippen LogP contribution in [0.3, 0.4) is 0 Å². The fourth-order valence-electron chi connectivity index (χ4n) is 6.02. The van der Waals surface area contributed by atoms with Crippen molar-refractivity contribution in [3.8, 4) is 16.9 Å². The van der Waals surface area contributed by atoms with Crippen molar-refractivity contribution in [3.63, 3.8) is 0 Å². The lowest BCUT2D eigenvalue weighted by atomic mass is 9.74. The fourth-order valence-corrected chi connectivity index (χ4v) is 6.02. The molecule has 8 nitrogen and oxygen atoms in total. The number of nitrogens with one attached hydrogen (secondary N) is 1. The first kappa shape index (κ1) is 28.4. The Balaban J connectivity index is 1.38. The number of hydrogen-bond donors (Lipinski definition) is 1. The lowest BCUT2D eigenvalue weighted by Gasteiger charge is -2.44. The first-order valence-electron chi connectivity index (χ1n) is 14.7. The van der Waals surface area contributed by atoms with Crippen LogP contribution in [0.25, 0.3) is 11.1 Å². The van der Waals surface area contributed by atoms with Gasteiger partial charge in [0, 0.05) is 50.4 Å². The number of benzene rings is 1. The minimum Gasteiger partial charge on any atom is -0.492 e. The summed E-state index contributed by atoms with van der Waals surface area (Å²) in [5, 5.41) is 3.70. The summed E-state index contributed by atoms with van der Waals surface area (Å²) in [4.78, 5) is 34.5. The van der Waals surface area contributed by atoms with Crippen LogP contribution in [-0.4, -0.2) is 78.8 Å². The van der Waals surface area contributed by atoms with Gasteiger partial charge < -0.3 is 24.6 Å². The SMILES string of the molecule is CN1CC2(CCCNCC3(CC3)COc3ccccc3-c3ccnc(c3)C1=O)CCN(C(=O)OC(C)(C)C)CC2. The molecule has 1 aromatic heterocycles. The van der Waals surface area contributed by atoms with E-state index >= 15 is 0 Å². The maximum absolute atomic E-state index is 13.7. The first-order chi connectivity index (χ1) is 19.1. The van der Waals surface area contributed by atoms with Crippen LogP contribution in [-0.2, 0) is 4.74 Å². The van der Waals surface area contributed by atoms with E-state index in [-0.39, 0.29) is 22.8 Å². The topological polar surface area (TPSA) is 84.0 Å². The number of amides is 2. The number of carbonyl (C=O) groups excluding carboxylic acids is 2. The highest BCUT2D eigenvalue weighted by atomic mass is 16.6. The number of para-hydroxylation sites is 1. The minimum absolute atomic E-state index is 0.0663. The van der Waals surface area contributed by atoms with E-state index in [4.69, 9.17) is 9.47 Å². The normalized spacial score (nSPS) is 21.4. The Bertz CT molecular complexity index is 1210. The van der Waals surface area contributed by atoms with Crippen molar-refractivity contribution >= 4 is 12.0 Å². The van der Waals surface area contributed by atoms with Crippen LogP contribution in [0.1, 0.15) is 69.8 Å². The molecule has 40 heavy (non-hydrogen) atoms. The molecule has 0 atom stereocenters. The number of pyridine rings is 1. The van der Waals surface area contributed by atoms with Crippen LogP contribution >= 0.6 is 0 Å². The van der Waals surface area contributed by atoms with Gasteiger partial charge in [0.1, 0.15) is 17.0 Å². The third kappa shape index (κ3) is 6.77. The standard InChI is InChI=1S/C32H44N4O4/c1-30(2,3)40-29(38)36-18-14-31(15-19-36)11-7-16-33-21-32(12-13-32)23-39-27-9-6-5-8-25(27)24-10-17-34-26(20-24)28(37)35(4)22-31/h5-6,8-10,17,20,33H,7,11-16,18-19,21-23H2,1-4H3. The monoisotopic (exact) mass is 548 g/mol. The average molecular weight is 549 g/mol. The number of ether oxygens (including phenoxy) is 2. The van der Waals surface area contributed by atoms with Gasteiger partial charge >= 0.3 is 6.09 Å². The zero-order valence-corrected chi connectivity index (χ0v) is 24.5. The summed E-state index contributed by atoms with van der Waals surface area (Å²) in [5.74, 6) is 0.750. The highest BCUT2D eigenvalue weighted by Gasteiger charge is 2.43. The minimum atomic E-state index is -0.516. The lowest BCUT2D eigenvalue weighted by Crippen LogP contribution is -2.49. The van der Waals surface area contributed by atoms with Crippen molar-refractivity contribution in [3.05, 3.63) is 48.3 Å². The van der Waals surface area contributed by atoms with E-state index in [9.17, 15) is 9.59 Å². The molecule has 2 amide bonds. The Labute approximate surface area is 238 Å². The molecule has 1 N–H and O–H groups in total. The summed E-state index contributed by atoms with van der Waals surface area (Å²) in [5.41, 5.74) is 1.94. The molecular weight excluding hydrogens is 504 g/mol. The third-order valence-corrected chi connectivity index (χ3v) is 8.62. The summed E-state index contributed by atoms with van der Waals surface area (Å²) >= 11 is 0. The quantitative estimate of drug-likeness (QED) is 0.476. The van der Waals surface area contributed by atoms with Crippen molar-refractivity contribution in [1.29, 1.82) is 0 Å². The molecule has 216 valence electrons. The average Bonchev–Trinajstić information content (AvgIpc) is 3.70. The molecule has 3 heterocycles. The fraction of sp³-hybridized carbons (Fsp3) is 0.594. The van der Waals surface area contributed by atoms with Crippen molar-refractivity contribution in [2.45, 2.75) is 64.9 Å². The van der Waals surface area contributed by atoms with Gasteiger partial charge in [0.2, 0.25) is 0 Å². The Hall–Kier alpha value is -3.13. The van der Waals surface area contributed by atoms with E-state index in [0.717, 1.165) is 55.6 Å². The van der Waals surface area contributed by atoms with E-state index in [2.05, 4.69) is 10.3 Å². The van der Waals surface area contributed by atoms with Crippen LogP contribution in [0.15, 0.2) is 42.6 Å². The van der Waals surface area contributed by atoms with Gasteiger partial charge in [-0.2, -0.15) is 0 Å². The Morgan fingerprint density at radius 1 is 1.05 bits per heavy atom. The van der Waals surface area contributed by atoms with Gasteiger partial charge in [-0.1, -0.05) is 18.2 Å². The zero-order chi connectivity index (χ0) is 28.4. The Morgan fingerprint density at radius 3 is 2.52 bits per heavy atom. The number of piperidine rings is 1. The number of rotatable bonds is 0. The van der Waals surface area contributed by atoms with Crippen LogP contribution in [0.4, 0.5) is 4.79 Å². The number of fused-ring (bicyclic) bond motifs is 4. The van der Waals surface area contributed by atoms with E-state index in [1.54, 1.807) is 6.20 Å². The van der Waals surface area contributed by atoms with E-state index in [0.29, 0.717) is 31.9 Å². The number of aromatic nitrogens is 1. The molecule has 8 heteroatoms. The second kappa shape index (κ2) is 11.4. The first-order valence-corrected chi connectivity index (χ1v) is 14.7. The largest absolute Gasteiger partial charge is 0.492 e. The molecule has 1 saturated heterocycles. The molecule has 2 fully saturated rings. The molecule has 2 spiro atoms. The van der Waals surface area contributed by atoms with Crippen LogP contribution < -0.4 is 10.1 Å². The third-order valence-electron chi connectivity index (χ3n) is 8.62. The predicted molar refractivity (Wildman–Crippen MR) is 155 cm³/mol. The molecule has 0 radical (unpaired) electrons. The number of nitrogens with zero attached hydrogens (tertiary/aromatic N) is 3. The number of likely N-dealkylation sites (tertiary alicyclic amines) is 1. The van der Waals surface area contributed by atoms with Gasteiger partial charge in [0.05, 0.1) is 6.61 Å². The van der Waals surface area contributed by atoms with Crippen molar-refractivity contribution < 1.29 is 19.1 Å². The molecular formula is C32H44N4O4. The molecule has 1 aromatic carbocycles. The second-order valence-corrected chi connectivity index (χ2v) is 13.1. The van der Waals surface area contributed by atoms with Crippen LogP contribution in [0.5, 0.6) is 5.75 Å². The smallest absolute Gasteiger partial charge is 0.410 e. The maximum atomic E-state index is 13.7. The molecule has 1 saturated carbocycles. The highest BCUT2D eigenvalue weighted by Crippen LogP contribution is 2.46. The highest BCUT2D eigenvalue weighted by molar-refractivity contribution is 5.93. The summed E-state index contributed by atoms with van der Waals surface area (Å²) in [6, 6.07) is 11.9. The van der Waals surface area contributed by atoms with E-state index in [1.165, 1.54) is 12.8 Å².